The van der Waals surface area contributed by atoms with E-state index in [-0.39, 0.29) is 0 Å². The molecule has 3 nitrogen and oxygen atoms in total. The van der Waals surface area contributed by atoms with Gasteiger partial charge in [0.2, 0.25) is 0 Å². The Balaban J connectivity index is 2.32. The molecule has 0 amide bonds. The van der Waals surface area contributed by atoms with Crippen LogP contribution in [-0.2, 0) is 7.05 Å². The van der Waals surface area contributed by atoms with Crippen molar-refractivity contribution >= 4 is 10.9 Å². The summed E-state index contributed by atoms with van der Waals surface area (Å²) in [7, 11) is 1.92. The molecule has 1 aromatic carbocycles. The first-order valence-electron chi connectivity index (χ1n) is 5.59. The summed E-state index contributed by atoms with van der Waals surface area (Å²) in [5.41, 5.74) is 4.32. The van der Waals surface area contributed by atoms with Crippen LogP contribution in [0, 0.1) is 6.92 Å². The molecule has 0 bridgehead atoms. The van der Waals surface area contributed by atoms with E-state index in [0.29, 0.717) is 0 Å². The summed E-state index contributed by atoms with van der Waals surface area (Å²) in [6, 6.07) is 10.4. The molecule has 0 N–H and O–H groups in total. The van der Waals surface area contributed by atoms with Crippen LogP contribution in [0.15, 0.2) is 42.7 Å². The van der Waals surface area contributed by atoms with Gasteiger partial charge in [-0.1, -0.05) is 24.3 Å². The van der Waals surface area contributed by atoms with Crippen molar-refractivity contribution in [2.24, 2.45) is 7.05 Å². The number of nitrogens with zero attached hydrogens (tertiary/aromatic N) is 3. The first-order valence-corrected chi connectivity index (χ1v) is 5.59. The number of pyridine rings is 1. The Bertz CT molecular complexity index is 683. The van der Waals surface area contributed by atoms with Gasteiger partial charge >= 0.3 is 0 Å². The molecule has 84 valence electrons. The molecule has 0 saturated heterocycles. The first-order chi connectivity index (χ1) is 8.24. The van der Waals surface area contributed by atoms with Gasteiger partial charge in [-0.25, -0.2) is 0 Å². The van der Waals surface area contributed by atoms with Gasteiger partial charge < -0.3 is 0 Å². The fraction of sp³-hybridized carbons (Fsp3) is 0.143. The Hall–Kier alpha value is -2.16. The molecule has 2 heterocycles. The molecule has 0 aliphatic rings. The third-order valence-corrected chi connectivity index (χ3v) is 2.88. The van der Waals surface area contributed by atoms with Crippen LogP contribution in [0.1, 0.15) is 5.69 Å². The standard InChI is InChI=1S/C14H13N3/c1-10-6-7-11-4-3-5-13(14(11)16-10)12-8-15-17(2)9-12/h3-9H,1-2H3. The van der Waals surface area contributed by atoms with Gasteiger partial charge in [0.25, 0.3) is 0 Å². The van der Waals surface area contributed by atoms with Crippen molar-refractivity contribution in [1.82, 2.24) is 14.8 Å². The summed E-state index contributed by atoms with van der Waals surface area (Å²) in [4.78, 5) is 4.62. The molecule has 0 fully saturated rings. The zero-order valence-electron chi connectivity index (χ0n) is 9.88. The van der Waals surface area contributed by atoms with Crippen LogP contribution in [0.25, 0.3) is 22.0 Å². The highest BCUT2D eigenvalue weighted by molar-refractivity contribution is 5.93. The minimum absolute atomic E-state index is 1.04. The van der Waals surface area contributed by atoms with Gasteiger partial charge in [-0.3, -0.25) is 9.67 Å². The number of rotatable bonds is 1. The van der Waals surface area contributed by atoms with E-state index in [2.05, 4.69) is 34.3 Å². The fourth-order valence-corrected chi connectivity index (χ4v) is 2.04. The summed E-state index contributed by atoms with van der Waals surface area (Å²) in [5.74, 6) is 0. The zero-order chi connectivity index (χ0) is 11.8. The van der Waals surface area contributed by atoms with Gasteiger partial charge in [-0.15, -0.1) is 0 Å². The van der Waals surface area contributed by atoms with E-state index in [1.54, 1.807) is 0 Å². The highest BCUT2D eigenvalue weighted by Gasteiger charge is 2.06. The second kappa shape index (κ2) is 3.70. The zero-order valence-corrected chi connectivity index (χ0v) is 9.88. The van der Waals surface area contributed by atoms with Gasteiger partial charge in [0.15, 0.2) is 0 Å². The van der Waals surface area contributed by atoms with Crippen LogP contribution < -0.4 is 0 Å². The number of hydrogen-bond donors (Lipinski definition) is 0. The Morgan fingerprint density at radius 3 is 2.76 bits per heavy atom. The summed E-state index contributed by atoms with van der Waals surface area (Å²) in [5, 5.41) is 5.37. The molecule has 0 spiro atoms. The number of hydrogen-bond acceptors (Lipinski definition) is 2. The van der Waals surface area contributed by atoms with Crippen molar-refractivity contribution in [3.63, 3.8) is 0 Å². The number of benzene rings is 1. The third kappa shape index (κ3) is 1.69. The quantitative estimate of drug-likeness (QED) is 0.635. The lowest BCUT2D eigenvalue weighted by Gasteiger charge is -2.04. The van der Waals surface area contributed by atoms with Crippen LogP contribution in [-0.4, -0.2) is 14.8 Å². The Labute approximate surface area is 99.7 Å². The highest BCUT2D eigenvalue weighted by atomic mass is 15.2. The van der Waals surface area contributed by atoms with Crippen LogP contribution >= 0.6 is 0 Å². The van der Waals surface area contributed by atoms with Crippen molar-refractivity contribution < 1.29 is 0 Å². The molecule has 3 aromatic rings. The minimum atomic E-state index is 1.04. The fourth-order valence-electron chi connectivity index (χ4n) is 2.04. The lowest BCUT2D eigenvalue weighted by molar-refractivity contribution is 0.768. The van der Waals surface area contributed by atoms with Gasteiger partial charge in [-0.2, -0.15) is 5.10 Å². The lowest BCUT2D eigenvalue weighted by Crippen LogP contribution is -1.87. The van der Waals surface area contributed by atoms with Gasteiger partial charge in [-0.05, 0) is 13.0 Å². The molecule has 3 heteroatoms. The van der Waals surface area contributed by atoms with Crippen molar-refractivity contribution in [3.05, 3.63) is 48.4 Å². The number of fused-ring (bicyclic) bond motifs is 1. The molecule has 0 atom stereocenters. The van der Waals surface area contributed by atoms with Crippen molar-refractivity contribution in [3.8, 4) is 11.1 Å². The predicted octanol–water partition coefficient (Wildman–Crippen LogP) is 2.94. The second-order valence-corrected chi connectivity index (χ2v) is 4.23. The molecule has 0 aliphatic heterocycles. The first kappa shape index (κ1) is 10.0. The van der Waals surface area contributed by atoms with E-state index in [1.807, 2.05) is 37.1 Å². The number of para-hydroxylation sites is 1. The average Bonchev–Trinajstić information content (AvgIpc) is 2.75. The van der Waals surface area contributed by atoms with Crippen LogP contribution in [0.2, 0.25) is 0 Å². The molecule has 17 heavy (non-hydrogen) atoms. The molecule has 0 aliphatic carbocycles. The SMILES string of the molecule is Cc1ccc2cccc(-c3cnn(C)c3)c2n1. The Morgan fingerprint density at radius 2 is 2.00 bits per heavy atom. The van der Waals surface area contributed by atoms with Crippen LogP contribution in [0.4, 0.5) is 0 Å². The van der Waals surface area contributed by atoms with E-state index in [0.717, 1.165) is 27.7 Å². The average molecular weight is 223 g/mol. The van der Waals surface area contributed by atoms with E-state index in [4.69, 9.17) is 0 Å². The maximum Gasteiger partial charge on any atom is 0.0784 e. The largest absolute Gasteiger partial charge is 0.275 e. The van der Waals surface area contributed by atoms with Gasteiger partial charge in [0.1, 0.15) is 0 Å². The molecular weight excluding hydrogens is 210 g/mol. The molecule has 0 radical (unpaired) electrons. The third-order valence-electron chi connectivity index (χ3n) is 2.88. The maximum absolute atomic E-state index is 4.62. The van der Waals surface area contributed by atoms with E-state index < -0.39 is 0 Å². The lowest BCUT2D eigenvalue weighted by atomic mass is 10.0. The van der Waals surface area contributed by atoms with Crippen LogP contribution in [0.3, 0.4) is 0 Å². The normalized spacial score (nSPS) is 10.9. The van der Waals surface area contributed by atoms with E-state index in [1.165, 1.54) is 0 Å². The smallest absolute Gasteiger partial charge is 0.0784 e. The van der Waals surface area contributed by atoms with Crippen molar-refractivity contribution in [2.45, 2.75) is 6.92 Å². The van der Waals surface area contributed by atoms with Crippen LogP contribution in [0.5, 0.6) is 0 Å². The van der Waals surface area contributed by atoms with E-state index in [9.17, 15) is 0 Å². The molecule has 0 saturated carbocycles. The predicted molar refractivity (Wildman–Crippen MR) is 68.7 cm³/mol. The van der Waals surface area contributed by atoms with Crippen molar-refractivity contribution in [1.29, 1.82) is 0 Å². The van der Waals surface area contributed by atoms with Crippen molar-refractivity contribution in [2.75, 3.05) is 0 Å². The summed E-state index contributed by atoms with van der Waals surface area (Å²) >= 11 is 0. The summed E-state index contributed by atoms with van der Waals surface area (Å²) in [6.07, 6.45) is 3.89. The molecular formula is C14H13N3. The molecule has 3 rings (SSSR count). The minimum Gasteiger partial charge on any atom is -0.275 e. The second-order valence-electron chi connectivity index (χ2n) is 4.23. The highest BCUT2D eigenvalue weighted by Crippen LogP contribution is 2.26. The van der Waals surface area contributed by atoms with Gasteiger partial charge in [0.05, 0.1) is 11.7 Å². The Morgan fingerprint density at radius 1 is 1.12 bits per heavy atom. The summed E-state index contributed by atoms with van der Waals surface area (Å²) in [6.45, 7) is 2.01. The van der Waals surface area contributed by atoms with Gasteiger partial charge in [0, 0.05) is 35.5 Å². The Kier molecular flexibility index (Phi) is 2.18. The maximum atomic E-state index is 4.62. The topological polar surface area (TPSA) is 30.7 Å². The number of aryl methyl sites for hydroxylation is 2. The van der Waals surface area contributed by atoms with E-state index >= 15 is 0 Å². The summed E-state index contributed by atoms with van der Waals surface area (Å²) < 4.78 is 1.81. The molecule has 0 unspecified atom stereocenters. The molecule has 2 aromatic heterocycles. The number of aromatic nitrogens is 3. The monoisotopic (exact) mass is 223 g/mol.